The number of aryl methyl sites for hydroxylation is 1. The molecule has 4 heterocycles. The molecule has 1 aromatic carbocycles. The molecule has 38 heavy (non-hydrogen) atoms. The minimum Gasteiger partial charge on any atom is -0.488 e. The second-order valence-electron chi connectivity index (χ2n) is 11.1. The fraction of sp³-hybridized carbons (Fsp3) is 0.586. The minimum absolute atomic E-state index is 0.159. The van der Waals surface area contributed by atoms with E-state index in [2.05, 4.69) is 49.2 Å². The maximum atomic E-state index is 6.62. The third-order valence-corrected chi connectivity index (χ3v) is 8.26. The van der Waals surface area contributed by atoms with Gasteiger partial charge in [-0.3, -0.25) is 4.98 Å². The number of ether oxygens (including phenoxy) is 2. The second-order valence-corrected chi connectivity index (χ2v) is 11.1. The number of nitrogens with one attached hydrogen (secondary N) is 1. The second kappa shape index (κ2) is 11.4. The van der Waals surface area contributed by atoms with Crippen LogP contribution in [-0.2, 0) is 4.74 Å². The number of nitrogens with zero attached hydrogens (tertiary/aromatic N) is 6. The topological polar surface area (TPSA) is 88.5 Å². The highest BCUT2D eigenvalue weighted by atomic mass is 16.5. The lowest BCUT2D eigenvalue weighted by molar-refractivity contribution is 0.122. The Morgan fingerprint density at radius 2 is 1.63 bits per heavy atom. The number of fused-ring (bicyclic) bond motifs is 1. The highest BCUT2D eigenvalue weighted by Crippen LogP contribution is 2.34. The average molecular weight is 518 g/mol. The summed E-state index contributed by atoms with van der Waals surface area (Å²) in [5, 5.41) is 3.56. The van der Waals surface area contributed by atoms with Crippen LogP contribution in [-0.4, -0.2) is 83.4 Å². The van der Waals surface area contributed by atoms with Crippen molar-refractivity contribution in [3.05, 3.63) is 42.0 Å². The van der Waals surface area contributed by atoms with Crippen molar-refractivity contribution in [2.45, 2.75) is 63.5 Å². The van der Waals surface area contributed by atoms with Gasteiger partial charge >= 0.3 is 0 Å². The Labute approximate surface area is 225 Å². The van der Waals surface area contributed by atoms with Crippen LogP contribution in [0.4, 0.5) is 11.6 Å². The van der Waals surface area contributed by atoms with Crippen molar-refractivity contribution < 1.29 is 9.47 Å². The van der Waals surface area contributed by atoms with Crippen molar-refractivity contribution in [1.29, 1.82) is 0 Å². The van der Waals surface area contributed by atoms with Crippen LogP contribution in [0.15, 0.2) is 30.7 Å². The molecular formula is C29H39N7O2. The highest BCUT2D eigenvalue weighted by Gasteiger charge is 2.25. The van der Waals surface area contributed by atoms with Gasteiger partial charge in [-0.15, -0.1) is 0 Å². The molecule has 2 saturated heterocycles. The number of piperidine rings is 1. The molecular weight excluding hydrogens is 478 g/mol. The Hall–Kier alpha value is -3.04. The van der Waals surface area contributed by atoms with E-state index in [0.717, 1.165) is 99.2 Å². The summed E-state index contributed by atoms with van der Waals surface area (Å²) in [6, 6.07) is 4.63. The molecule has 6 rings (SSSR count). The normalized spacial score (nSPS) is 23.5. The molecule has 1 N–H and O–H groups in total. The van der Waals surface area contributed by atoms with Crippen LogP contribution in [0.3, 0.4) is 0 Å². The monoisotopic (exact) mass is 517 g/mol. The van der Waals surface area contributed by atoms with Crippen molar-refractivity contribution in [1.82, 2.24) is 24.8 Å². The highest BCUT2D eigenvalue weighted by molar-refractivity contribution is 5.85. The van der Waals surface area contributed by atoms with Crippen molar-refractivity contribution in [3.63, 3.8) is 0 Å². The fourth-order valence-corrected chi connectivity index (χ4v) is 5.90. The standard InChI is InChI=1S/C29H39N7O2/c1-20-17-30-26-15-24(36-11-13-37-14-12-36)16-27(28(26)33-20)38-25-5-3-23(4-6-25)34-29-31-18-22(19-32-29)21-7-9-35(2)10-8-21/h15-19,21,23,25H,3-14H2,1-2H3,(H,31,32,34). The lowest BCUT2D eigenvalue weighted by Gasteiger charge is -2.31. The molecule has 9 heteroatoms. The van der Waals surface area contributed by atoms with Gasteiger partial charge in [0.25, 0.3) is 0 Å². The van der Waals surface area contributed by atoms with Gasteiger partial charge in [0.2, 0.25) is 5.95 Å². The smallest absolute Gasteiger partial charge is 0.222 e. The van der Waals surface area contributed by atoms with E-state index in [1.807, 2.05) is 25.5 Å². The van der Waals surface area contributed by atoms with Crippen LogP contribution in [0.5, 0.6) is 5.75 Å². The minimum atomic E-state index is 0.159. The quantitative estimate of drug-likeness (QED) is 0.517. The van der Waals surface area contributed by atoms with Crippen LogP contribution >= 0.6 is 0 Å². The molecule has 3 fully saturated rings. The van der Waals surface area contributed by atoms with Gasteiger partial charge < -0.3 is 24.6 Å². The number of benzene rings is 1. The zero-order valence-electron chi connectivity index (χ0n) is 22.6. The summed E-state index contributed by atoms with van der Waals surface area (Å²) in [6.45, 7) is 7.52. The van der Waals surface area contributed by atoms with E-state index in [-0.39, 0.29) is 6.10 Å². The van der Waals surface area contributed by atoms with Crippen LogP contribution < -0.4 is 15.0 Å². The van der Waals surface area contributed by atoms with Gasteiger partial charge in [0, 0.05) is 49.5 Å². The molecule has 9 nitrogen and oxygen atoms in total. The van der Waals surface area contributed by atoms with Crippen molar-refractivity contribution in [2.24, 2.45) is 0 Å². The lowest BCUT2D eigenvalue weighted by atomic mass is 9.91. The average Bonchev–Trinajstić information content (AvgIpc) is 2.95. The lowest BCUT2D eigenvalue weighted by Crippen LogP contribution is -2.36. The van der Waals surface area contributed by atoms with E-state index in [1.54, 1.807) is 0 Å². The summed E-state index contributed by atoms with van der Waals surface area (Å²) < 4.78 is 12.2. The Bertz CT molecular complexity index is 1220. The van der Waals surface area contributed by atoms with Gasteiger partial charge in [-0.2, -0.15) is 0 Å². The van der Waals surface area contributed by atoms with E-state index < -0.39 is 0 Å². The molecule has 0 bridgehead atoms. The number of morpholine rings is 1. The molecule has 3 aliphatic rings. The number of likely N-dealkylation sites (tertiary alicyclic amines) is 1. The molecule has 2 aromatic heterocycles. The number of hydrogen-bond donors (Lipinski definition) is 1. The first kappa shape index (κ1) is 25.2. The third-order valence-electron chi connectivity index (χ3n) is 8.26. The summed E-state index contributed by atoms with van der Waals surface area (Å²) in [5.74, 6) is 2.16. The Morgan fingerprint density at radius 3 is 2.37 bits per heavy atom. The third kappa shape index (κ3) is 5.83. The van der Waals surface area contributed by atoms with Gasteiger partial charge in [-0.1, -0.05) is 0 Å². The van der Waals surface area contributed by atoms with E-state index in [9.17, 15) is 0 Å². The molecule has 0 atom stereocenters. The molecule has 0 amide bonds. The zero-order valence-corrected chi connectivity index (χ0v) is 22.6. The van der Waals surface area contributed by atoms with Gasteiger partial charge in [0.15, 0.2) is 0 Å². The first-order valence-corrected chi connectivity index (χ1v) is 14.1. The molecule has 2 aliphatic heterocycles. The molecule has 1 aliphatic carbocycles. The Kier molecular flexibility index (Phi) is 7.56. The Morgan fingerprint density at radius 1 is 0.895 bits per heavy atom. The predicted molar refractivity (Wildman–Crippen MR) is 149 cm³/mol. The van der Waals surface area contributed by atoms with E-state index in [1.165, 1.54) is 18.4 Å². The van der Waals surface area contributed by atoms with Gasteiger partial charge in [-0.25, -0.2) is 15.0 Å². The summed E-state index contributed by atoms with van der Waals surface area (Å²) in [6.07, 6.45) is 12.4. The molecule has 3 aromatic rings. The SMILES string of the molecule is Cc1cnc2cc(N3CCOCC3)cc(OC3CCC(Nc4ncc(C5CCN(C)CC5)cn4)CC3)c2n1. The maximum Gasteiger partial charge on any atom is 0.222 e. The van der Waals surface area contributed by atoms with E-state index in [0.29, 0.717) is 12.0 Å². The van der Waals surface area contributed by atoms with Crippen molar-refractivity contribution in [2.75, 3.05) is 56.7 Å². The van der Waals surface area contributed by atoms with E-state index in [4.69, 9.17) is 14.5 Å². The first-order chi connectivity index (χ1) is 18.6. The van der Waals surface area contributed by atoms with E-state index >= 15 is 0 Å². The predicted octanol–water partition coefficient (Wildman–Crippen LogP) is 4.18. The largest absolute Gasteiger partial charge is 0.488 e. The van der Waals surface area contributed by atoms with Crippen LogP contribution in [0.2, 0.25) is 0 Å². The summed E-state index contributed by atoms with van der Waals surface area (Å²) in [5.41, 5.74) is 5.03. The van der Waals surface area contributed by atoms with Crippen LogP contribution in [0, 0.1) is 6.92 Å². The van der Waals surface area contributed by atoms with Gasteiger partial charge in [-0.05, 0) is 83.1 Å². The molecule has 0 unspecified atom stereocenters. The summed E-state index contributed by atoms with van der Waals surface area (Å²) in [7, 11) is 2.19. The molecule has 202 valence electrons. The van der Waals surface area contributed by atoms with Crippen molar-refractivity contribution >= 4 is 22.7 Å². The molecule has 1 saturated carbocycles. The van der Waals surface area contributed by atoms with Crippen LogP contribution in [0.1, 0.15) is 55.7 Å². The number of aromatic nitrogens is 4. The number of rotatable bonds is 6. The summed E-state index contributed by atoms with van der Waals surface area (Å²) in [4.78, 5) is 23.5. The Balaban J connectivity index is 1.08. The first-order valence-electron chi connectivity index (χ1n) is 14.1. The van der Waals surface area contributed by atoms with Gasteiger partial charge in [0.1, 0.15) is 11.3 Å². The molecule has 0 radical (unpaired) electrons. The molecule has 0 spiro atoms. The fourth-order valence-electron chi connectivity index (χ4n) is 5.90. The van der Waals surface area contributed by atoms with Crippen LogP contribution in [0.25, 0.3) is 11.0 Å². The maximum absolute atomic E-state index is 6.62. The zero-order chi connectivity index (χ0) is 25.9. The van der Waals surface area contributed by atoms with Gasteiger partial charge in [0.05, 0.1) is 30.5 Å². The number of hydrogen-bond acceptors (Lipinski definition) is 9. The number of anilines is 2. The van der Waals surface area contributed by atoms with Crippen molar-refractivity contribution in [3.8, 4) is 5.75 Å². The summed E-state index contributed by atoms with van der Waals surface area (Å²) >= 11 is 0.